The van der Waals surface area contributed by atoms with Crippen LogP contribution in [-0.2, 0) is 10.0 Å². The molecule has 2 heterocycles. The highest BCUT2D eigenvalue weighted by atomic mass is 35.5. The van der Waals surface area contributed by atoms with E-state index in [-0.39, 0.29) is 10.8 Å². The van der Waals surface area contributed by atoms with Gasteiger partial charge < -0.3 is 4.52 Å². The van der Waals surface area contributed by atoms with E-state index in [0.29, 0.717) is 40.8 Å². The van der Waals surface area contributed by atoms with E-state index >= 15 is 0 Å². The summed E-state index contributed by atoms with van der Waals surface area (Å²) in [6.07, 6.45) is 1.32. The van der Waals surface area contributed by atoms with E-state index in [2.05, 4.69) is 10.1 Å². The van der Waals surface area contributed by atoms with Crippen LogP contribution in [0.1, 0.15) is 24.8 Å². The Balaban J connectivity index is 1.66. The number of halogens is 2. The van der Waals surface area contributed by atoms with Crippen LogP contribution in [0, 0.1) is 0 Å². The Labute approximate surface area is 166 Å². The molecule has 2 aromatic carbocycles. The summed E-state index contributed by atoms with van der Waals surface area (Å²) in [6.45, 7) is 0.388. The molecule has 1 aliphatic heterocycles. The van der Waals surface area contributed by atoms with Crippen LogP contribution in [0.3, 0.4) is 0 Å². The van der Waals surface area contributed by atoms with Gasteiger partial charge in [-0.15, -0.1) is 0 Å². The fraction of sp³-hybridized carbons (Fsp3) is 0.222. The first-order valence-corrected chi connectivity index (χ1v) is 10.5. The Morgan fingerprint density at radius 2 is 1.81 bits per heavy atom. The maximum atomic E-state index is 13.0. The molecule has 0 aliphatic carbocycles. The monoisotopic (exact) mass is 423 g/mol. The number of sulfonamides is 1. The number of aromatic nitrogens is 2. The first-order chi connectivity index (χ1) is 13.0. The third-order valence-corrected chi connectivity index (χ3v) is 6.97. The van der Waals surface area contributed by atoms with Crippen LogP contribution in [0.4, 0.5) is 0 Å². The summed E-state index contributed by atoms with van der Waals surface area (Å²) < 4.78 is 32.9. The second-order valence-electron chi connectivity index (χ2n) is 6.16. The summed E-state index contributed by atoms with van der Waals surface area (Å²) >= 11 is 12.1. The molecular weight excluding hydrogens is 409 g/mol. The molecule has 9 heteroatoms. The Hall–Kier alpha value is -1.93. The molecule has 1 atom stereocenters. The smallest absolute Gasteiger partial charge is 0.245 e. The molecule has 27 heavy (non-hydrogen) atoms. The zero-order valence-corrected chi connectivity index (χ0v) is 16.4. The summed E-state index contributed by atoms with van der Waals surface area (Å²) in [5, 5.41) is 4.96. The van der Waals surface area contributed by atoms with Crippen molar-refractivity contribution in [3.8, 4) is 11.4 Å². The molecule has 6 nitrogen and oxygen atoms in total. The van der Waals surface area contributed by atoms with Crippen molar-refractivity contribution in [2.45, 2.75) is 23.8 Å². The van der Waals surface area contributed by atoms with E-state index in [4.69, 9.17) is 27.7 Å². The average Bonchev–Trinajstić information content (AvgIpc) is 3.32. The molecule has 1 fully saturated rings. The Bertz CT molecular complexity index is 1070. The van der Waals surface area contributed by atoms with Gasteiger partial charge in [0.2, 0.25) is 21.7 Å². The van der Waals surface area contributed by atoms with Gasteiger partial charge in [-0.25, -0.2) is 8.42 Å². The van der Waals surface area contributed by atoms with Crippen molar-refractivity contribution in [1.82, 2.24) is 14.4 Å². The summed E-state index contributed by atoms with van der Waals surface area (Å²) in [7, 11) is -3.70. The van der Waals surface area contributed by atoms with Crippen LogP contribution in [0.15, 0.2) is 57.9 Å². The van der Waals surface area contributed by atoms with Gasteiger partial charge in [0, 0.05) is 17.1 Å². The number of rotatable bonds is 4. The third kappa shape index (κ3) is 3.48. The van der Waals surface area contributed by atoms with Gasteiger partial charge in [-0.05, 0) is 49.2 Å². The SMILES string of the molecule is O=S(=O)(c1ccc(Cl)cc1)N1CCC[C@@H]1c1nc(-c2ccccc2Cl)no1. The van der Waals surface area contributed by atoms with Crippen molar-refractivity contribution in [2.75, 3.05) is 6.54 Å². The predicted octanol–water partition coefficient (Wildman–Crippen LogP) is 4.57. The molecule has 1 aliphatic rings. The highest BCUT2D eigenvalue weighted by Gasteiger charge is 2.39. The van der Waals surface area contributed by atoms with Crippen molar-refractivity contribution >= 4 is 33.2 Å². The summed E-state index contributed by atoms with van der Waals surface area (Å²) in [6, 6.07) is 12.8. The summed E-state index contributed by atoms with van der Waals surface area (Å²) in [4.78, 5) is 4.59. The minimum absolute atomic E-state index is 0.185. The molecule has 0 saturated carbocycles. The van der Waals surface area contributed by atoms with Crippen molar-refractivity contribution in [3.63, 3.8) is 0 Å². The van der Waals surface area contributed by atoms with Crippen LogP contribution < -0.4 is 0 Å². The topological polar surface area (TPSA) is 76.3 Å². The van der Waals surface area contributed by atoms with Crippen molar-refractivity contribution in [1.29, 1.82) is 0 Å². The quantitative estimate of drug-likeness (QED) is 0.613. The Morgan fingerprint density at radius 1 is 1.07 bits per heavy atom. The lowest BCUT2D eigenvalue weighted by molar-refractivity contribution is 0.290. The molecule has 0 unspecified atom stereocenters. The largest absolute Gasteiger partial charge is 0.337 e. The average molecular weight is 424 g/mol. The van der Waals surface area contributed by atoms with E-state index in [1.54, 1.807) is 24.3 Å². The van der Waals surface area contributed by atoms with E-state index in [1.807, 2.05) is 12.1 Å². The van der Waals surface area contributed by atoms with Gasteiger partial charge in [0.1, 0.15) is 6.04 Å². The number of hydrogen-bond acceptors (Lipinski definition) is 5. The molecule has 4 rings (SSSR count). The Kier molecular flexibility index (Phi) is 4.94. The van der Waals surface area contributed by atoms with E-state index in [0.717, 1.165) is 0 Å². The van der Waals surface area contributed by atoms with Crippen LogP contribution in [0.25, 0.3) is 11.4 Å². The number of benzene rings is 2. The van der Waals surface area contributed by atoms with Gasteiger partial charge in [-0.1, -0.05) is 40.5 Å². The molecule has 140 valence electrons. The highest BCUT2D eigenvalue weighted by Crippen LogP contribution is 2.37. The second kappa shape index (κ2) is 7.24. The molecule has 0 spiro atoms. The molecule has 0 radical (unpaired) electrons. The highest BCUT2D eigenvalue weighted by molar-refractivity contribution is 7.89. The fourth-order valence-electron chi connectivity index (χ4n) is 3.14. The molecule has 1 saturated heterocycles. The maximum absolute atomic E-state index is 13.0. The first kappa shape index (κ1) is 18.4. The normalized spacial score (nSPS) is 18.1. The lowest BCUT2D eigenvalue weighted by Crippen LogP contribution is -2.30. The van der Waals surface area contributed by atoms with Gasteiger partial charge >= 0.3 is 0 Å². The van der Waals surface area contributed by atoms with Gasteiger partial charge in [-0.2, -0.15) is 9.29 Å². The summed E-state index contributed by atoms with van der Waals surface area (Å²) in [5.74, 6) is 0.603. The van der Waals surface area contributed by atoms with Crippen LogP contribution in [0.5, 0.6) is 0 Å². The molecule has 0 bridgehead atoms. The van der Waals surface area contributed by atoms with Crippen molar-refractivity contribution in [3.05, 3.63) is 64.5 Å². The van der Waals surface area contributed by atoms with Crippen LogP contribution in [-0.4, -0.2) is 29.4 Å². The molecular formula is C18H15Cl2N3O3S. The lowest BCUT2D eigenvalue weighted by Gasteiger charge is -2.21. The van der Waals surface area contributed by atoms with E-state index < -0.39 is 16.1 Å². The summed E-state index contributed by atoms with van der Waals surface area (Å²) in [5.41, 5.74) is 0.638. The molecule has 1 aromatic heterocycles. The molecule has 0 N–H and O–H groups in total. The van der Waals surface area contributed by atoms with E-state index in [9.17, 15) is 8.42 Å². The van der Waals surface area contributed by atoms with Crippen LogP contribution in [0.2, 0.25) is 10.0 Å². The fourth-order valence-corrected chi connectivity index (χ4v) is 5.14. The Morgan fingerprint density at radius 3 is 2.56 bits per heavy atom. The molecule has 3 aromatic rings. The van der Waals surface area contributed by atoms with Crippen molar-refractivity contribution < 1.29 is 12.9 Å². The lowest BCUT2D eigenvalue weighted by atomic mass is 10.2. The first-order valence-electron chi connectivity index (χ1n) is 8.33. The predicted molar refractivity (Wildman–Crippen MR) is 102 cm³/mol. The van der Waals surface area contributed by atoms with Gasteiger partial charge in [-0.3, -0.25) is 0 Å². The minimum atomic E-state index is -3.70. The molecule has 0 amide bonds. The zero-order chi connectivity index (χ0) is 19.0. The van der Waals surface area contributed by atoms with Crippen molar-refractivity contribution in [2.24, 2.45) is 0 Å². The van der Waals surface area contributed by atoms with E-state index in [1.165, 1.54) is 16.4 Å². The number of nitrogens with zero attached hydrogens (tertiary/aromatic N) is 3. The standard InChI is InChI=1S/C18H15Cl2N3O3S/c19-12-7-9-13(10-8-12)27(24,25)23-11-3-6-16(23)18-21-17(22-26-18)14-4-1-2-5-15(14)20/h1-2,4-5,7-10,16H,3,6,11H2/t16-/m1/s1. The van der Waals surface area contributed by atoms with Crippen LogP contribution >= 0.6 is 23.2 Å². The second-order valence-corrected chi connectivity index (χ2v) is 8.90. The maximum Gasteiger partial charge on any atom is 0.245 e. The third-order valence-electron chi connectivity index (χ3n) is 4.47. The van der Waals surface area contributed by atoms with Gasteiger partial charge in [0.25, 0.3) is 0 Å². The van der Waals surface area contributed by atoms with Gasteiger partial charge in [0.15, 0.2) is 0 Å². The number of hydrogen-bond donors (Lipinski definition) is 0. The zero-order valence-electron chi connectivity index (χ0n) is 14.0. The van der Waals surface area contributed by atoms with Gasteiger partial charge in [0.05, 0.1) is 9.92 Å². The minimum Gasteiger partial charge on any atom is -0.337 e.